The van der Waals surface area contributed by atoms with E-state index in [-0.39, 0.29) is 6.01 Å². The van der Waals surface area contributed by atoms with E-state index in [2.05, 4.69) is 20.1 Å². The van der Waals surface area contributed by atoms with Gasteiger partial charge >= 0.3 is 6.01 Å². The number of imidazole rings is 1. The van der Waals surface area contributed by atoms with E-state index in [1.807, 2.05) is 19.3 Å². The maximum absolute atomic E-state index is 6.05. The molecule has 0 saturated heterocycles. The maximum atomic E-state index is 6.05. The van der Waals surface area contributed by atoms with Crippen molar-refractivity contribution in [2.45, 2.75) is 52.1 Å². The minimum atomic E-state index is 0.265. The minimum Gasteiger partial charge on any atom is -0.455 e. The van der Waals surface area contributed by atoms with Gasteiger partial charge < -0.3 is 10.5 Å². The van der Waals surface area contributed by atoms with Crippen LogP contribution in [-0.4, -0.2) is 24.6 Å². The lowest BCUT2D eigenvalue weighted by atomic mass is 9.86. The molecule has 7 nitrogen and oxygen atoms in total. The summed E-state index contributed by atoms with van der Waals surface area (Å²) in [5, 5.41) is 5.40. The Hall–Kier alpha value is -2.22. The second-order valence-electron chi connectivity index (χ2n) is 6.63. The van der Waals surface area contributed by atoms with Crippen LogP contribution in [0.2, 0.25) is 0 Å². The lowest BCUT2D eigenvalue weighted by Gasteiger charge is -2.20. The van der Waals surface area contributed by atoms with Crippen LogP contribution in [0.4, 0.5) is 5.82 Å². The fourth-order valence-corrected chi connectivity index (χ4v) is 4.11. The van der Waals surface area contributed by atoms with Crippen LogP contribution in [0.5, 0.6) is 6.01 Å². The van der Waals surface area contributed by atoms with Crippen molar-refractivity contribution in [3.8, 4) is 6.01 Å². The van der Waals surface area contributed by atoms with Gasteiger partial charge in [-0.05, 0) is 19.3 Å². The molecule has 8 heteroatoms. The summed E-state index contributed by atoms with van der Waals surface area (Å²) in [4.78, 5) is 14.1. The molecule has 1 saturated carbocycles. The number of thiazole rings is 1. The lowest BCUT2D eigenvalue weighted by molar-refractivity contribution is 0.274. The molecule has 2 N–H and O–H groups in total. The molecule has 0 aliphatic heterocycles. The molecule has 1 aliphatic carbocycles. The Morgan fingerprint density at radius 1 is 1.24 bits per heavy atom. The molecule has 0 radical (unpaired) electrons. The third-order valence-corrected chi connectivity index (χ3v) is 5.54. The fraction of sp³-hybridized carbons (Fsp3) is 0.529. The van der Waals surface area contributed by atoms with Gasteiger partial charge in [0.1, 0.15) is 11.6 Å². The van der Waals surface area contributed by atoms with E-state index in [1.54, 1.807) is 15.9 Å². The molecule has 0 unspecified atom stereocenters. The van der Waals surface area contributed by atoms with Crippen molar-refractivity contribution < 1.29 is 4.74 Å². The van der Waals surface area contributed by atoms with Gasteiger partial charge in [0.25, 0.3) is 0 Å². The van der Waals surface area contributed by atoms with Crippen LogP contribution in [0.3, 0.4) is 0 Å². The Balaban J connectivity index is 1.55. The van der Waals surface area contributed by atoms with Crippen molar-refractivity contribution in [2.75, 3.05) is 5.73 Å². The van der Waals surface area contributed by atoms with Crippen molar-refractivity contribution in [3.63, 3.8) is 0 Å². The summed E-state index contributed by atoms with van der Waals surface area (Å²) in [5.41, 5.74) is 7.72. The van der Waals surface area contributed by atoms with Crippen molar-refractivity contribution in [2.24, 2.45) is 5.92 Å². The molecule has 3 aromatic rings. The molecule has 0 amide bonds. The first-order chi connectivity index (χ1) is 12.2. The number of nitrogens with zero attached hydrogens (tertiary/aromatic N) is 5. The van der Waals surface area contributed by atoms with E-state index < -0.39 is 0 Å². The molecule has 3 aromatic heterocycles. The standard InChI is InChI=1S/C17H22N6OS/c1-11-8-19-14(25-11)10-24-17-21-15(18)16-20-9-13(23(16)22-17)7-12-5-3-2-4-6-12/h8-9,12H,2-7,10H2,1H3,(H2,18,21,22). The summed E-state index contributed by atoms with van der Waals surface area (Å²) in [7, 11) is 0. The number of rotatable bonds is 5. The van der Waals surface area contributed by atoms with Crippen LogP contribution in [0.15, 0.2) is 12.4 Å². The number of anilines is 1. The molecule has 1 aliphatic rings. The van der Waals surface area contributed by atoms with Crippen molar-refractivity contribution >= 4 is 22.8 Å². The number of nitrogen functional groups attached to an aromatic ring is 1. The van der Waals surface area contributed by atoms with Gasteiger partial charge in [0.2, 0.25) is 0 Å². The summed E-state index contributed by atoms with van der Waals surface area (Å²) in [6, 6.07) is 0.265. The van der Waals surface area contributed by atoms with Crippen molar-refractivity contribution in [3.05, 3.63) is 28.0 Å². The largest absolute Gasteiger partial charge is 0.455 e. The Morgan fingerprint density at radius 3 is 2.84 bits per heavy atom. The van der Waals surface area contributed by atoms with E-state index in [0.29, 0.717) is 24.0 Å². The second-order valence-corrected chi connectivity index (χ2v) is 7.95. The Labute approximate surface area is 150 Å². The Morgan fingerprint density at radius 2 is 2.08 bits per heavy atom. The summed E-state index contributed by atoms with van der Waals surface area (Å²) < 4.78 is 7.50. The van der Waals surface area contributed by atoms with Crippen LogP contribution >= 0.6 is 11.3 Å². The quantitative estimate of drug-likeness (QED) is 0.753. The zero-order valence-electron chi connectivity index (χ0n) is 14.3. The molecule has 25 heavy (non-hydrogen) atoms. The average molecular weight is 358 g/mol. The van der Waals surface area contributed by atoms with Crippen LogP contribution in [0.25, 0.3) is 5.65 Å². The van der Waals surface area contributed by atoms with Gasteiger partial charge in [-0.1, -0.05) is 32.1 Å². The third kappa shape index (κ3) is 3.58. The number of hydrogen-bond acceptors (Lipinski definition) is 7. The van der Waals surface area contributed by atoms with E-state index >= 15 is 0 Å². The highest BCUT2D eigenvalue weighted by Crippen LogP contribution is 2.27. The van der Waals surface area contributed by atoms with Crippen LogP contribution in [0.1, 0.15) is 47.7 Å². The molecule has 0 spiro atoms. The molecule has 132 valence electrons. The first-order valence-electron chi connectivity index (χ1n) is 8.73. The first-order valence-corrected chi connectivity index (χ1v) is 9.55. The number of aromatic nitrogens is 5. The zero-order chi connectivity index (χ0) is 17.2. The van der Waals surface area contributed by atoms with Gasteiger partial charge in [-0.25, -0.2) is 14.5 Å². The second kappa shape index (κ2) is 6.95. The number of hydrogen-bond donors (Lipinski definition) is 1. The molecular weight excluding hydrogens is 336 g/mol. The molecular formula is C17H22N6OS. The minimum absolute atomic E-state index is 0.265. The molecule has 3 heterocycles. The van der Waals surface area contributed by atoms with Crippen LogP contribution < -0.4 is 10.5 Å². The lowest BCUT2D eigenvalue weighted by Crippen LogP contribution is -2.13. The van der Waals surface area contributed by atoms with Crippen LogP contribution in [0, 0.1) is 12.8 Å². The summed E-state index contributed by atoms with van der Waals surface area (Å²) >= 11 is 1.60. The fourth-order valence-electron chi connectivity index (χ4n) is 3.41. The smallest absolute Gasteiger partial charge is 0.336 e. The van der Waals surface area contributed by atoms with E-state index in [9.17, 15) is 0 Å². The predicted molar refractivity (Wildman–Crippen MR) is 96.7 cm³/mol. The number of nitrogens with two attached hydrogens (primary N) is 1. The van der Waals surface area contributed by atoms with Gasteiger partial charge in [-0.3, -0.25) is 0 Å². The van der Waals surface area contributed by atoms with Gasteiger partial charge in [-0.2, -0.15) is 4.98 Å². The van der Waals surface area contributed by atoms with E-state index in [4.69, 9.17) is 10.5 Å². The number of aryl methyl sites for hydroxylation is 1. The maximum Gasteiger partial charge on any atom is 0.336 e. The molecule has 4 rings (SSSR count). The van der Waals surface area contributed by atoms with Gasteiger partial charge in [0.15, 0.2) is 11.5 Å². The Kier molecular flexibility index (Phi) is 4.52. The van der Waals surface area contributed by atoms with Crippen molar-refractivity contribution in [1.29, 1.82) is 0 Å². The SMILES string of the molecule is Cc1cnc(COc2nc(N)c3ncc(CC4CCCCC4)n3n2)s1. The van der Waals surface area contributed by atoms with Crippen LogP contribution in [-0.2, 0) is 13.0 Å². The van der Waals surface area contributed by atoms with Crippen molar-refractivity contribution in [1.82, 2.24) is 24.6 Å². The van der Waals surface area contributed by atoms with E-state index in [1.165, 1.54) is 32.1 Å². The predicted octanol–water partition coefficient (Wildman–Crippen LogP) is 3.17. The van der Waals surface area contributed by atoms with Gasteiger partial charge in [-0.15, -0.1) is 16.4 Å². The number of fused-ring (bicyclic) bond motifs is 1. The monoisotopic (exact) mass is 358 g/mol. The summed E-state index contributed by atoms with van der Waals surface area (Å²) in [6.07, 6.45) is 11.2. The molecule has 0 aromatic carbocycles. The summed E-state index contributed by atoms with van der Waals surface area (Å²) in [5.74, 6) is 1.04. The third-order valence-electron chi connectivity index (χ3n) is 4.66. The normalized spacial score (nSPS) is 15.7. The highest BCUT2D eigenvalue weighted by Gasteiger charge is 2.18. The zero-order valence-corrected chi connectivity index (χ0v) is 15.1. The van der Waals surface area contributed by atoms with E-state index in [0.717, 1.165) is 22.0 Å². The van der Waals surface area contributed by atoms with Gasteiger partial charge in [0.05, 0.1) is 11.9 Å². The number of ether oxygens (including phenoxy) is 1. The average Bonchev–Trinajstić information content (AvgIpc) is 3.21. The summed E-state index contributed by atoms with van der Waals surface area (Å²) in [6.45, 7) is 2.36. The Bertz CT molecular complexity index is 867. The van der Waals surface area contributed by atoms with Gasteiger partial charge in [0, 0.05) is 11.1 Å². The molecule has 1 fully saturated rings. The first kappa shape index (κ1) is 16.3. The highest BCUT2D eigenvalue weighted by molar-refractivity contribution is 7.11. The molecule has 0 atom stereocenters. The molecule has 0 bridgehead atoms. The topological polar surface area (TPSA) is 91.2 Å². The highest BCUT2D eigenvalue weighted by atomic mass is 32.1.